The molecular formula is C34H67NaO10P. The molecule has 0 aromatic heterocycles. The van der Waals surface area contributed by atoms with Gasteiger partial charge in [-0.2, -0.15) is 0 Å². The molecule has 1 radical (unpaired) electrons. The van der Waals surface area contributed by atoms with E-state index < -0.39 is 225 Å². The van der Waals surface area contributed by atoms with Gasteiger partial charge < -0.3 is 24.6 Å². The first kappa shape index (κ1) is 9.69. The first-order chi connectivity index (χ1) is 42.1. The summed E-state index contributed by atoms with van der Waals surface area (Å²) in [6.45, 7) is -15.5. The Labute approximate surface area is 378 Å². The second kappa shape index (κ2) is 34.8. The molecule has 0 saturated carbocycles. The summed E-state index contributed by atoms with van der Waals surface area (Å²) < 4.78 is 469. The van der Waals surface area contributed by atoms with E-state index in [0.29, 0.717) is 0 Å². The number of phosphoric ester groups is 1. The maximum Gasteiger partial charge on any atom is 0.472 e. The molecule has 2 unspecified atom stereocenters. The van der Waals surface area contributed by atoms with Crippen LogP contribution in [0.5, 0.6) is 0 Å². The maximum atomic E-state index is 13.8. The zero-order valence-corrected chi connectivity index (χ0v) is 26.5. The number of esters is 2. The van der Waals surface area contributed by atoms with Crippen LogP contribution in [0, 0.1) is 0 Å². The third-order valence-electron chi connectivity index (χ3n) is 3.32. The van der Waals surface area contributed by atoms with E-state index >= 15 is 0 Å². The average Bonchev–Trinajstić information content (AvgIpc) is 0.686. The number of phosphoric acid groups is 1. The number of aliphatic hydroxyl groups is 2. The minimum Gasteiger partial charge on any atom is -0.462 e. The number of carbonyl (C=O) groups excluding carboxylic acids is 2. The summed E-state index contributed by atoms with van der Waals surface area (Å²) in [5.41, 5.74) is 0. The molecule has 0 saturated heterocycles. The van der Waals surface area contributed by atoms with Crippen molar-refractivity contribution in [1.82, 2.24) is 0 Å². The predicted octanol–water partition coefficient (Wildman–Crippen LogP) is 7.95. The van der Waals surface area contributed by atoms with E-state index in [9.17, 15) is 24.2 Å². The van der Waals surface area contributed by atoms with Gasteiger partial charge in [-0.25, -0.2) is 4.57 Å². The Morgan fingerprint density at radius 3 is 1.48 bits per heavy atom. The van der Waals surface area contributed by atoms with Gasteiger partial charge in [-0.15, -0.1) is 0 Å². The van der Waals surface area contributed by atoms with Crippen LogP contribution in [0.4, 0.5) is 0 Å². The van der Waals surface area contributed by atoms with E-state index in [-0.39, 0.29) is 29.6 Å². The SMILES string of the molecule is [2H]C([2H])([2H])C([2H])([2H])C([2H])([2H])C([2H])([2H])C([2H])([2H])C([2H])([2H])C([2H])([2H])C([2H])([2H])C([2H])([2H])C([2H])([2H])C([2H])([2H])C([2H])([2H])C([2H])([2H])C(=O)OC[C@H](COP(=O)(O)OCC(O)CO)OC(=O)C([2H])([2H])C([2H])([2H])C([2H])([2H])C([2H])([2H])C([2H])([2H])C([2H])([2H])C([2H])([2H])C([2H])([2H])C([2H])([2H])C([2H])([2H])C([2H])([2H])C([2H])([2H])C([2H])([2H])[2H].[Na]. The van der Waals surface area contributed by atoms with E-state index in [2.05, 4.69) is 18.5 Å². The van der Waals surface area contributed by atoms with Crippen LogP contribution in [0.2, 0.25) is 0 Å². The summed E-state index contributed by atoms with van der Waals surface area (Å²) in [4.78, 5) is 37.6. The predicted molar refractivity (Wildman–Crippen MR) is 184 cm³/mol. The van der Waals surface area contributed by atoms with Crippen LogP contribution in [0.25, 0.3) is 0 Å². The van der Waals surface area contributed by atoms with Gasteiger partial charge in [-0.3, -0.25) is 18.6 Å². The van der Waals surface area contributed by atoms with Crippen molar-refractivity contribution in [3.63, 3.8) is 0 Å². The molecule has 0 aliphatic heterocycles. The van der Waals surface area contributed by atoms with Gasteiger partial charge in [0.05, 0.1) is 19.8 Å². The normalized spacial score (nSPS) is 39.3. The van der Waals surface area contributed by atoms with Crippen molar-refractivity contribution in [1.29, 1.82) is 0 Å². The van der Waals surface area contributed by atoms with Crippen LogP contribution in [0.3, 0.4) is 0 Å². The smallest absolute Gasteiger partial charge is 0.462 e. The molecule has 3 N–H and O–H groups in total. The molecule has 0 aromatic carbocycles. The van der Waals surface area contributed by atoms with Gasteiger partial charge in [-0.05, 0) is 12.7 Å². The van der Waals surface area contributed by atoms with E-state index in [1.165, 1.54) is 0 Å². The van der Waals surface area contributed by atoms with Gasteiger partial charge in [0.1, 0.15) is 12.7 Å². The van der Waals surface area contributed by atoms with Crippen molar-refractivity contribution in [3.05, 3.63) is 0 Å². The molecule has 0 bridgehead atoms. The first-order valence-corrected chi connectivity index (χ1v) is 12.9. The topological polar surface area (TPSA) is 149 Å². The molecule has 0 fully saturated rings. The quantitative estimate of drug-likeness (QED) is 0.0337. The Kier molecular flexibility index (Phi) is 7.33. The maximum absolute atomic E-state index is 13.8. The summed E-state index contributed by atoms with van der Waals surface area (Å²) in [6.07, 6.45) is -130. The number of carbonyl (C=O) groups is 2. The third-order valence-corrected chi connectivity index (χ3v) is 4.27. The van der Waals surface area contributed by atoms with Crippen molar-refractivity contribution in [2.45, 2.75) is 179 Å². The van der Waals surface area contributed by atoms with E-state index in [0.717, 1.165) is 0 Å². The number of rotatable bonds is 34. The van der Waals surface area contributed by atoms with Crippen molar-refractivity contribution < 1.29 is 122 Å². The number of ether oxygens (including phenoxy) is 2. The van der Waals surface area contributed by atoms with E-state index in [1.807, 2.05) is 0 Å². The van der Waals surface area contributed by atoms with E-state index in [4.69, 9.17) is 79.1 Å². The van der Waals surface area contributed by atoms with Crippen LogP contribution in [-0.4, -0.2) is 95.2 Å². The Bertz CT molecular complexity index is 2930. The van der Waals surface area contributed by atoms with Crippen LogP contribution in [0.1, 0.15) is 241 Å². The van der Waals surface area contributed by atoms with Crippen LogP contribution in [0.15, 0.2) is 0 Å². The molecule has 0 aromatic rings. The second-order valence-electron chi connectivity index (χ2n) is 6.52. The van der Waals surface area contributed by atoms with Crippen LogP contribution < -0.4 is 0 Å². The zero-order valence-electron chi connectivity index (χ0n) is 77.6. The minimum atomic E-state index is -5.87. The minimum absolute atomic E-state index is 0. The van der Waals surface area contributed by atoms with Crippen LogP contribution in [-0.2, 0) is 32.7 Å². The number of hydrogen-bond acceptors (Lipinski definition) is 9. The van der Waals surface area contributed by atoms with Gasteiger partial charge in [-0.1, -0.05) is 141 Å². The summed E-state index contributed by atoms with van der Waals surface area (Å²) in [5, 5.41) is 18.6. The van der Waals surface area contributed by atoms with Gasteiger partial charge >= 0.3 is 19.8 Å². The molecule has 0 aliphatic carbocycles. The molecule has 0 amide bonds. The fourth-order valence-corrected chi connectivity index (χ4v) is 2.47. The van der Waals surface area contributed by atoms with E-state index in [1.54, 1.807) is 0 Å². The van der Waals surface area contributed by atoms with Crippen molar-refractivity contribution in [3.8, 4) is 0 Å². The second-order valence-corrected chi connectivity index (χ2v) is 7.98. The zero-order chi connectivity index (χ0) is 81.5. The largest absolute Gasteiger partial charge is 0.472 e. The molecule has 46 heavy (non-hydrogen) atoms. The number of hydrogen-bond donors (Lipinski definition) is 3. The van der Waals surface area contributed by atoms with Crippen molar-refractivity contribution in [2.24, 2.45) is 0 Å². The molecule has 269 valence electrons. The summed E-state index contributed by atoms with van der Waals surface area (Å²) >= 11 is 0. The average molecular weight is 744 g/mol. The fourth-order valence-electron chi connectivity index (χ4n) is 1.68. The van der Waals surface area contributed by atoms with Gasteiger partial charge in [0.25, 0.3) is 0 Å². The Morgan fingerprint density at radius 1 is 0.652 bits per heavy atom. The van der Waals surface area contributed by atoms with Gasteiger partial charge in [0, 0.05) is 116 Å². The monoisotopic (exact) mass is 744 g/mol. The molecular weight excluding hydrogens is 622 g/mol. The Balaban J connectivity index is 0. The molecule has 10 nitrogen and oxygen atoms in total. The van der Waals surface area contributed by atoms with Crippen LogP contribution >= 0.6 is 7.82 Å². The molecule has 0 heterocycles. The fraction of sp³-hybridized carbons (Fsp3) is 0.941. The van der Waals surface area contributed by atoms with Gasteiger partial charge in [0.2, 0.25) is 0 Å². The van der Waals surface area contributed by atoms with Crippen molar-refractivity contribution in [2.75, 3.05) is 26.4 Å². The van der Waals surface area contributed by atoms with Gasteiger partial charge in [0.15, 0.2) is 6.10 Å². The molecule has 0 aliphatic rings. The first-order valence-electron chi connectivity index (χ1n) is 38.4. The Morgan fingerprint density at radius 2 is 1.04 bits per heavy atom. The molecule has 0 rings (SSSR count). The molecule has 12 heteroatoms. The summed E-state index contributed by atoms with van der Waals surface area (Å²) in [5.74, 6) is -6.15. The number of aliphatic hydroxyl groups excluding tert-OH is 2. The summed E-state index contributed by atoms with van der Waals surface area (Å²) in [6, 6.07) is 0. The summed E-state index contributed by atoms with van der Waals surface area (Å²) in [7, 11) is -5.87. The molecule has 0 spiro atoms. The third kappa shape index (κ3) is 33.9. The molecule has 3 atom stereocenters. The standard InChI is InChI=1S/C34H67O10P.Na/c1-3-5-7-9-11-13-15-17-19-21-23-25-33(37)41-29-32(30-43-45(39,40)42-28-31(36)27-35)44-34(38)26-24-22-20-18-16-14-12-10-8-6-4-2;/h31-32,35-36H,3-30H2,1-2H3,(H,39,40);/t31?,32-;/m1./s1/i1D3,2D3,3D2,4D2,5D2,6D2,7D2,8D2,9D2,10D2,11D2,12D2,13D2,14D2,15D2,16D2,17D2,18D2,19D2,20D2,21D2,22D2,23D2,24D2,25D2,26D2;. The van der Waals surface area contributed by atoms with Crippen molar-refractivity contribution >= 4 is 49.3 Å². The Hall–Kier alpha value is -0.0300.